The van der Waals surface area contributed by atoms with Crippen molar-refractivity contribution in [2.75, 3.05) is 20.1 Å². The molecule has 1 aliphatic rings. The molecule has 1 fully saturated rings. The fourth-order valence-electron chi connectivity index (χ4n) is 3.25. The van der Waals surface area contributed by atoms with E-state index < -0.39 is 5.60 Å². The van der Waals surface area contributed by atoms with Crippen LogP contribution in [0.15, 0.2) is 48.5 Å². The molecule has 1 saturated heterocycles. The smallest absolute Gasteiger partial charge is 0.350 e. The Hall–Kier alpha value is -2.04. The van der Waals surface area contributed by atoms with Gasteiger partial charge in [0.25, 0.3) is 0 Å². The fraction of sp³-hybridized carbons (Fsp3) is 0.435. The molecule has 4 nitrogen and oxygen atoms in total. The highest BCUT2D eigenvalue weighted by Crippen LogP contribution is 2.23. The van der Waals surface area contributed by atoms with E-state index in [0.717, 1.165) is 37.4 Å². The van der Waals surface area contributed by atoms with Crippen LogP contribution < -0.4 is 4.74 Å². The molecule has 150 valence electrons. The van der Waals surface area contributed by atoms with E-state index in [1.54, 1.807) is 13.8 Å². The topological polar surface area (TPSA) is 38.8 Å². The number of halogens is 1. The van der Waals surface area contributed by atoms with Crippen molar-refractivity contribution in [3.8, 4) is 5.75 Å². The molecule has 28 heavy (non-hydrogen) atoms. The van der Waals surface area contributed by atoms with Crippen LogP contribution in [-0.2, 0) is 16.0 Å². The summed E-state index contributed by atoms with van der Waals surface area (Å²) in [6, 6.07) is 15.7. The molecule has 5 heteroatoms. The summed E-state index contributed by atoms with van der Waals surface area (Å²) in [5.41, 5.74) is 1.34. The van der Waals surface area contributed by atoms with Crippen molar-refractivity contribution >= 4 is 17.6 Å². The average molecular weight is 402 g/mol. The maximum atomic E-state index is 12.6. The summed E-state index contributed by atoms with van der Waals surface area (Å²) in [5.74, 6) is 0.345. The maximum absolute atomic E-state index is 12.6. The van der Waals surface area contributed by atoms with Crippen molar-refractivity contribution < 1.29 is 14.3 Å². The Bertz CT molecular complexity index is 778. The van der Waals surface area contributed by atoms with Gasteiger partial charge in [0.1, 0.15) is 11.9 Å². The van der Waals surface area contributed by atoms with Gasteiger partial charge in [0.05, 0.1) is 0 Å². The number of esters is 1. The molecule has 0 saturated carbocycles. The van der Waals surface area contributed by atoms with Crippen molar-refractivity contribution in [3.05, 3.63) is 64.7 Å². The highest BCUT2D eigenvalue weighted by Gasteiger charge is 2.34. The minimum absolute atomic E-state index is 0.0201. The standard InChI is InChI=1S/C23H28ClNO3/c1-23(2,22(26)27-20-12-14-25(3)15-13-20)28-21-10-6-18(7-11-21)16-17-4-8-19(24)9-5-17/h4-11,20H,12-16H2,1-3H3. The Balaban J connectivity index is 1.55. The Kier molecular flexibility index (Phi) is 6.63. The zero-order chi connectivity index (χ0) is 20.1. The number of benzene rings is 2. The van der Waals surface area contributed by atoms with Crippen LogP contribution >= 0.6 is 11.6 Å². The molecule has 2 aromatic carbocycles. The summed E-state index contributed by atoms with van der Waals surface area (Å²) in [7, 11) is 2.09. The lowest BCUT2D eigenvalue weighted by Crippen LogP contribution is -2.44. The first-order valence-electron chi connectivity index (χ1n) is 9.74. The molecule has 1 aliphatic heterocycles. The molecule has 0 aliphatic carbocycles. The fourth-order valence-corrected chi connectivity index (χ4v) is 3.37. The Morgan fingerprint density at radius 2 is 1.57 bits per heavy atom. The first kappa shape index (κ1) is 20.7. The summed E-state index contributed by atoms with van der Waals surface area (Å²) < 4.78 is 11.6. The summed E-state index contributed by atoms with van der Waals surface area (Å²) >= 11 is 5.93. The predicted octanol–water partition coefficient (Wildman–Crippen LogP) is 4.73. The average Bonchev–Trinajstić information content (AvgIpc) is 2.67. The summed E-state index contributed by atoms with van der Waals surface area (Å²) in [6.07, 6.45) is 2.54. The van der Waals surface area contributed by atoms with Gasteiger partial charge in [0.2, 0.25) is 0 Å². The van der Waals surface area contributed by atoms with Crippen molar-refractivity contribution in [3.63, 3.8) is 0 Å². The van der Waals surface area contributed by atoms with Gasteiger partial charge in [-0.3, -0.25) is 0 Å². The number of likely N-dealkylation sites (tertiary alicyclic amines) is 1. The van der Waals surface area contributed by atoms with Gasteiger partial charge in [-0.15, -0.1) is 0 Å². The molecule has 0 aromatic heterocycles. The van der Waals surface area contributed by atoms with E-state index in [2.05, 4.69) is 11.9 Å². The molecule has 0 unspecified atom stereocenters. The predicted molar refractivity (Wildman–Crippen MR) is 112 cm³/mol. The number of hydrogen-bond acceptors (Lipinski definition) is 4. The van der Waals surface area contributed by atoms with E-state index in [0.29, 0.717) is 5.75 Å². The van der Waals surface area contributed by atoms with E-state index in [4.69, 9.17) is 21.1 Å². The van der Waals surface area contributed by atoms with Gasteiger partial charge < -0.3 is 14.4 Å². The maximum Gasteiger partial charge on any atom is 0.350 e. The number of piperidine rings is 1. The van der Waals surface area contributed by atoms with Gasteiger partial charge in [0.15, 0.2) is 5.60 Å². The van der Waals surface area contributed by atoms with E-state index >= 15 is 0 Å². The molecule has 0 amide bonds. The third-order valence-corrected chi connectivity index (χ3v) is 5.30. The molecule has 0 N–H and O–H groups in total. The Morgan fingerprint density at radius 1 is 1.04 bits per heavy atom. The van der Waals surface area contributed by atoms with Crippen LogP contribution in [0.25, 0.3) is 0 Å². The van der Waals surface area contributed by atoms with E-state index in [1.807, 2.05) is 48.5 Å². The van der Waals surface area contributed by atoms with Crippen LogP contribution in [0.1, 0.15) is 37.8 Å². The summed E-state index contributed by atoms with van der Waals surface area (Å²) in [6.45, 7) is 5.42. The monoisotopic (exact) mass is 401 g/mol. The second kappa shape index (κ2) is 8.97. The normalized spacial score (nSPS) is 16.0. The van der Waals surface area contributed by atoms with Crippen LogP contribution in [0.2, 0.25) is 5.02 Å². The van der Waals surface area contributed by atoms with E-state index in [9.17, 15) is 4.79 Å². The SMILES string of the molecule is CN1CCC(OC(=O)C(C)(C)Oc2ccc(Cc3ccc(Cl)cc3)cc2)CC1. The van der Waals surface area contributed by atoms with E-state index in [-0.39, 0.29) is 12.1 Å². The number of hydrogen-bond donors (Lipinski definition) is 0. The van der Waals surface area contributed by atoms with Gasteiger partial charge in [-0.25, -0.2) is 4.79 Å². The Morgan fingerprint density at radius 3 is 2.14 bits per heavy atom. The van der Waals surface area contributed by atoms with E-state index in [1.165, 1.54) is 11.1 Å². The van der Waals surface area contributed by atoms with Crippen LogP contribution in [0, 0.1) is 0 Å². The molecule has 1 heterocycles. The van der Waals surface area contributed by atoms with Crippen molar-refractivity contribution in [2.24, 2.45) is 0 Å². The second-order valence-electron chi connectivity index (χ2n) is 7.97. The Labute approximate surface area is 172 Å². The third kappa shape index (κ3) is 5.73. The molecular formula is C23H28ClNO3. The van der Waals surface area contributed by atoms with Crippen LogP contribution in [0.4, 0.5) is 0 Å². The number of rotatable bonds is 6. The number of carbonyl (C=O) groups excluding carboxylic acids is 1. The van der Waals surface area contributed by atoms with Gasteiger partial charge in [0, 0.05) is 18.1 Å². The number of nitrogens with zero attached hydrogens (tertiary/aromatic N) is 1. The van der Waals surface area contributed by atoms with Gasteiger partial charge in [-0.05, 0) is 75.5 Å². The largest absolute Gasteiger partial charge is 0.476 e. The highest BCUT2D eigenvalue weighted by molar-refractivity contribution is 6.30. The zero-order valence-corrected chi connectivity index (χ0v) is 17.5. The molecule has 0 radical (unpaired) electrons. The number of carbonyl (C=O) groups is 1. The van der Waals surface area contributed by atoms with Gasteiger partial charge >= 0.3 is 5.97 Å². The van der Waals surface area contributed by atoms with Crippen molar-refractivity contribution in [2.45, 2.75) is 44.8 Å². The molecular weight excluding hydrogens is 374 g/mol. The highest BCUT2D eigenvalue weighted by atomic mass is 35.5. The van der Waals surface area contributed by atoms with Crippen LogP contribution in [-0.4, -0.2) is 42.7 Å². The lowest BCUT2D eigenvalue weighted by Gasteiger charge is -2.31. The molecule has 0 spiro atoms. The first-order chi connectivity index (χ1) is 13.3. The zero-order valence-electron chi connectivity index (χ0n) is 16.8. The lowest BCUT2D eigenvalue weighted by molar-refractivity contribution is -0.167. The summed E-state index contributed by atoms with van der Waals surface area (Å²) in [5, 5.41) is 0.738. The van der Waals surface area contributed by atoms with Crippen LogP contribution in [0.5, 0.6) is 5.75 Å². The van der Waals surface area contributed by atoms with Crippen molar-refractivity contribution in [1.82, 2.24) is 4.90 Å². The quantitative estimate of drug-likeness (QED) is 0.656. The first-order valence-corrected chi connectivity index (χ1v) is 10.1. The molecule has 0 bridgehead atoms. The second-order valence-corrected chi connectivity index (χ2v) is 8.40. The van der Waals surface area contributed by atoms with Gasteiger partial charge in [-0.2, -0.15) is 0 Å². The van der Waals surface area contributed by atoms with Crippen molar-refractivity contribution in [1.29, 1.82) is 0 Å². The molecule has 0 atom stereocenters. The summed E-state index contributed by atoms with van der Waals surface area (Å²) in [4.78, 5) is 14.8. The minimum Gasteiger partial charge on any atom is -0.476 e. The van der Waals surface area contributed by atoms with Crippen LogP contribution in [0.3, 0.4) is 0 Å². The third-order valence-electron chi connectivity index (χ3n) is 5.05. The molecule has 3 rings (SSSR count). The minimum atomic E-state index is -1.03. The lowest BCUT2D eigenvalue weighted by atomic mass is 10.0. The van der Waals surface area contributed by atoms with Gasteiger partial charge in [-0.1, -0.05) is 35.9 Å². The number of ether oxygens (including phenoxy) is 2. The molecule has 2 aromatic rings.